The van der Waals surface area contributed by atoms with Gasteiger partial charge < -0.3 is 29.8 Å². The van der Waals surface area contributed by atoms with Crippen molar-refractivity contribution in [2.45, 2.75) is 93.0 Å². The lowest BCUT2D eigenvalue weighted by molar-refractivity contribution is -0.139. The number of benzene rings is 1. The number of hydrogen-bond acceptors (Lipinski definition) is 9. The van der Waals surface area contributed by atoms with E-state index in [1.54, 1.807) is 13.0 Å². The van der Waals surface area contributed by atoms with Crippen LogP contribution in [0.1, 0.15) is 92.6 Å². The molecule has 0 bridgehead atoms. The second kappa shape index (κ2) is 16.2. The average molecular weight is 566 g/mol. The van der Waals surface area contributed by atoms with Gasteiger partial charge in [-0.3, -0.25) is 14.4 Å². The highest BCUT2D eigenvalue weighted by Gasteiger charge is 2.33. The molecular formula is C30H47NO9. The van der Waals surface area contributed by atoms with E-state index >= 15 is 0 Å². The molecule has 1 aromatic rings. The van der Waals surface area contributed by atoms with Crippen molar-refractivity contribution in [3.63, 3.8) is 0 Å². The van der Waals surface area contributed by atoms with E-state index in [0.29, 0.717) is 24.3 Å². The summed E-state index contributed by atoms with van der Waals surface area (Å²) in [5.41, 5.74) is 6.24. The highest BCUT2D eigenvalue weighted by atomic mass is 16.7. The van der Waals surface area contributed by atoms with Crippen molar-refractivity contribution in [2.24, 2.45) is 28.9 Å². The molecule has 40 heavy (non-hydrogen) atoms. The fraction of sp³-hybridized carbons (Fsp3) is 0.667. The zero-order chi connectivity index (χ0) is 30.6. The van der Waals surface area contributed by atoms with E-state index < -0.39 is 41.9 Å². The fourth-order valence-electron chi connectivity index (χ4n) is 3.72. The van der Waals surface area contributed by atoms with E-state index in [0.717, 1.165) is 0 Å². The van der Waals surface area contributed by atoms with Crippen molar-refractivity contribution < 1.29 is 43.2 Å². The standard InChI is InChI=1S/C30H47NO9/c1-18(2)9-13-24(32)39-22-12-11-21(15-23(22)40-25(33)14-10-19(3)4)26(27(31)28(34)35)20(5)16-37-29(36)38-17-30(6,7)8/h11-12,15,18-20,26-27H,9-10,13-14,16-17,31H2,1-8H3,(H,34,35)/t20?,26?,27-/m0/s1. The van der Waals surface area contributed by atoms with Gasteiger partial charge in [-0.1, -0.05) is 61.5 Å². The van der Waals surface area contributed by atoms with E-state index in [2.05, 4.69) is 0 Å². The summed E-state index contributed by atoms with van der Waals surface area (Å²) in [5.74, 6) is -3.03. The van der Waals surface area contributed by atoms with Gasteiger partial charge >= 0.3 is 24.1 Å². The Bertz CT molecular complexity index is 997. The van der Waals surface area contributed by atoms with Gasteiger partial charge in [0, 0.05) is 18.8 Å². The van der Waals surface area contributed by atoms with Gasteiger partial charge in [-0.05, 0) is 53.7 Å². The predicted octanol–water partition coefficient (Wildman–Crippen LogP) is 5.70. The first kappa shape index (κ1) is 34.9. The monoisotopic (exact) mass is 565 g/mol. The number of carbonyl (C=O) groups is 4. The number of aliphatic carboxylic acids is 1. The van der Waals surface area contributed by atoms with Crippen LogP contribution in [0.2, 0.25) is 0 Å². The second-order valence-electron chi connectivity index (χ2n) is 12.3. The molecular weight excluding hydrogens is 518 g/mol. The molecule has 3 N–H and O–H groups in total. The minimum Gasteiger partial charge on any atom is -0.480 e. The Morgan fingerprint density at radius 2 is 1.38 bits per heavy atom. The summed E-state index contributed by atoms with van der Waals surface area (Å²) >= 11 is 0. The number of carbonyl (C=O) groups excluding carboxylic acids is 3. The van der Waals surface area contributed by atoms with Crippen molar-refractivity contribution in [3.8, 4) is 11.5 Å². The van der Waals surface area contributed by atoms with Crippen LogP contribution in [0.4, 0.5) is 4.79 Å². The quantitative estimate of drug-likeness (QED) is 0.200. The zero-order valence-corrected chi connectivity index (χ0v) is 25.2. The Labute approximate surface area is 237 Å². The van der Waals surface area contributed by atoms with Crippen molar-refractivity contribution in [2.75, 3.05) is 13.2 Å². The van der Waals surface area contributed by atoms with E-state index in [9.17, 15) is 24.3 Å². The third-order valence-electron chi connectivity index (χ3n) is 6.02. The Balaban J connectivity index is 3.27. The molecule has 3 atom stereocenters. The smallest absolute Gasteiger partial charge is 0.480 e. The Morgan fingerprint density at radius 1 is 0.850 bits per heavy atom. The molecule has 0 aliphatic heterocycles. The first-order valence-electron chi connectivity index (χ1n) is 13.8. The van der Waals surface area contributed by atoms with Crippen LogP contribution in [0.15, 0.2) is 18.2 Å². The van der Waals surface area contributed by atoms with Crippen LogP contribution >= 0.6 is 0 Å². The maximum atomic E-state index is 12.6. The van der Waals surface area contributed by atoms with Gasteiger partial charge in [-0.2, -0.15) is 0 Å². The van der Waals surface area contributed by atoms with Gasteiger partial charge in [0.25, 0.3) is 0 Å². The maximum absolute atomic E-state index is 12.6. The van der Waals surface area contributed by atoms with Crippen LogP contribution in [0, 0.1) is 23.2 Å². The molecule has 10 heteroatoms. The topological polar surface area (TPSA) is 151 Å². The van der Waals surface area contributed by atoms with Gasteiger partial charge in [0.05, 0.1) is 13.2 Å². The Hall–Kier alpha value is -3.14. The molecule has 0 saturated carbocycles. The number of ether oxygens (including phenoxy) is 4. The number of hydrogen-bond donors (Lipinski definition) is 2. The first-order chi connectivity index (χ1) is 18.5. The van der Waals surface area contributed by atoms with E-state index in [1.165, 1.54) is 12.1 Å². The minimum absolute atomic E-state index is 0.00977. The minimum atomic E-state index is -1.37. The average Bonchev–Trinajstić information content (AvgIpc) is 2.84. The lowest BCUT2D eigenvalue weighted by atomic mass is 9.82. The van der Waals surface area contributed by atoms with Crippen LogP contribution in [0.3, 0.4) is 0 Å². The number of carboxylic acid groups (broad SMARTS) is 1. The second-order valence-corrected chi connectivity index (χ2v) is 12.3. The molecule has 1 rings (SSSR count). The summed E-state index contributed by atoms with van der Waals surface area (Å²) in [7, 11) is 0. The molecule has 0 fully saturated rings. The molecule has 10 nitrogen and oxygen atoms in total. The number of nitrogens with two attached hydrogens (primary N) is 1. The summed E-state index contributed by atoms with van der Waals surface area (Å²) in [6.45, 7) is 15.3. The van der Waals surface area contributed by atoms with E-state index in [1.807, 2.05) is 48.5 Å². The van der Waals surface area contributed by atoms with E-state index in [4.69, 9.17) is 24.7 Å². The predicted molar refractivity (Wildman–Crippen MR) is 150 cm³/mol. The number of rotatable bonds is 15. The molecule has 0 aliphatic rings. The summed E-state index contributed by atoms with van der Waals surface area (Å²) < 4.78 is 21.5. The van der Waals surface area contributed by atoms with Crippen LogP contribution in [0.5, 0.6) is 11.5 Å². The zero-order valence-electron chi connectivity index (χ0n) is 25.2. The van der Waals surface area contributed by atoms with Crippen LogP contribution in [-0.4, -0.2) is 48.4 Å². The summed E-state index contributed by atoms with van der Waals surface area (Å²) in [6, 6.07) is 3.12. The van der Waals surface area contributed by atoms with Gasteiger partial charge in [-0.15, -0.1) is 0 Å². The summed E-state index contributed by atoms with van der Waals surface area (Å²) in [6.07, 6.45) is 0.710. The molecule has 0 spiro atoms. The molecule has 1 aromatic carbocycles. The molecule has 0 amide bonds. The third-order valence-corrected chi connectivity index (χ3v) is 6.02. The van der Waals surface area contributed by atoms with Gasteiger partial charge in [0.1, 0.15) is 6.04 Å². The maximum Gasteiger partial charge on any atom is 0.508 e. The molecule has 0 aromatic heterocycles. The Morgan fingerprint density at radius 3 is 1.85 bits per heavy atom. The first-order valence-corrected chi connectivity index (χ1v) is 13.8. The largest absolute Gasteiger partial charge is 0.508 e. The van der Waals surface area contributed by atoms with Crippen molar-refractivity contribution >= 4 is 24.1 Å². The van der Waals surface area contributed by atoms with Crippen LogP contribution < -0.4 is 15.2 Å². The van der Waals surface area contributed by atoms with E-state index in [-0.39, 0.29) is 48.9 Å². The molecule has 0 saturated heterocycles. The van der Waals surface area contributed by atoms with Gasteiger partial charge in [0.15, 0.2) is 11.5 Å². The normalized spacial score (nSPS) is 13.9. The molecule has 226 valence electrons. The molecule has 2 unspecified atom stereocenters. The van der Waals surface area contributed by atoms with Crippen LogP contribution in [-0.2, 0) is 23.9 Å². The van der Waals surface area contributed by atoms with Crippen molar-refractivity contribution in [3.05, 3.63) is 23.8 Å². The van der Waals surface area contributed by atoms with Crippen molar-refractivity contribution in [1.29, 1.82) is 0 Å². The third kappa shape index (κ3) is 13.3. The van der Waals surface area contributed by atoms with Gasteiger partial charge in [0.2, 0.25) is 0 Å². The lowest BCUT2D eigenvalue weighted by Crippen LogP contribution is -2.40. The molecule has 0 heterocycles. The SMILES string of the molecule is CC(C)CCC(=O)Oc1ccc(C(C(C)COC(=O)OCC(C)(C)C)[C@H](N)C(=O)O)cc1OC(=O)CCC(C)C. The lowest BCUT2D eigenvalue weighted by Gasteiger charge is -2.28. The Kier molecular flexibility index (Phi) is 14.1. The van der Waals surface area contributed by atoms with Gasteiger partial charge in [-0.25, -0.2) is 4.79 Å². The summed E-state index contributed by atoms with van der Waals surface area (Å²) in [4.78, 5) is 49.0. The fourth-order valence-corrected chi connectivity index (χ4v) is 3.72. The molecule has 0 aliphatic carbocycles. The summed E-state index contributed by atoms with van der Waals surface area (Å²) in [5, 5.41) is 9.72. The van der Waals surface area contributed by atoms with Crippen molar-refractivity contribution in [1.82, 2.24) is 0 Å². The highest BCUT2D eigenvalue weighted by molar-refractivity contribution is 5.77. The van der Waals surface area contributed by atoms with Crippen LogP contribution in [0.25, 0.3) is 0 Å². The molecule has 0 radical (unpaired) electrons. The number of carboxylic acids is 1. The number of esters is 2. The highest BCUT2D eigenvalue weighted by Crippen LogP contribution is 2.36.